The zero-order valence-corrected chi connectivity index (χ0v) is 5.26. The molecule has 51 valence electrons. The summed E-state index contributed by atoms with van der Waals surface area (Å²) >= 11 is 0. The van der Waals surface area contributed by atoms with Gasteiger partial charge in [0.05, 0.1) is 0 Å². The van der Waals surface area contributed by atoms with E-state index in [1.165, 1.54) is 0 Å². The van der Waals surface area contributed by atoms with Crippen LogP contribution in [-0.2, 0) is 4.74 Å². The third-order valence-electron chi connectivity index (χ3n) is 0.761. The van der Waals surface area contributed by atoms with Crippen molar-refractivity contribution in [1.82, 2.24) is 0 Å². The second-order valence-corrected chi connectivity index (χ2v) is 1.61. The van der Waals surface area contributed by atoms with Gasteiger partial charge in [-0.05, 0) is 19.8 Å². The van der Waals surface area contributed by atoms with Crippen LogP contribution >= 0.6 is 0 Å². The fourth-order valence-electron chi connectivity index (χ4n) is 0.337. The van der Waals surface area contributed by atoms with E-state index >= 15 is 0 Å². The predicted molar refractivity (Wildman–Crippen MR) is 39.4 cm³/mol. The molecule has 0 aliphatic rings. The van der Waals surface area contributed by atoms with Crippen molar-refractivity contribution in [3.8, 4) is 0 Å². The summed E-state index contributed by atoms with van der Waals surface area (Å²) in [5.41, 5.74) is 0. The number of rotatable bonds is 4. The Morgan fingerprint density at radius 2 is 2.22 bits per heavy atom. The molecule has 0 aliphatic heterocycles. The summed E-state index contributed by atoms with van der Waals surface area (Å²) in [5.74, 6) is 0. The normalized spacial score (nSPS) is 12.3. The van der Waals surface area contributed by atoms with Crippen LogP contribution in [0.25, 0.3) is 0 Å². The summed E-state index contributed by atoms with van der Waals surface area (Å²) in [5, 5.41) is 8.70. The molecule has 0 heterocycles. The Morgan fingerprint density at radius 1 is 1.67 bits per heavy atom. The van der Waals surface area contributed by atoms with Gasteiger partial charge in [-0.1, -0.05) is 6.92 Å². The van der Waals surface area contributed by atoms with E-state index in [-0.39, 0.29) is 29.6 Å². The van der Waals surface area contributed by atoms with Crippen LogP contribution in [0, 0.1) is 6.92 Å². The van der Waals surface area contributed by atoms with Crippen LogP contribution in [0.2, 0.25) is 0 Å². The molecule has 0 aliphatic carbocycles. The van der Waals surface area contributed by atoms with Crippen LogP contribution in [0.1, 0.15) is 19.8 Å². The third-order valence-corrected chi connectivity index (χ3v) is 0.761. The van der Waals surface area contributed by atoms with Crippen molar-refractivity contribution in [2.45, 2.75) is 26.1 Å². The van der Waals surface area contributed by atoms with E-state index in [0.717, 1.165) is 6.42 Å². The number of hydrogen-bond donors (Lipinski definition) is 1. The van der Waals surface area contributed by atoms with Gasteiger partial charge in [-0.3, -0.25) is 0 Å². The molecule has 0 saturated carbocycles. The molecule has 0 amide bonds. The van der Waals surface area contributed by atoms with Crippen LogP contribution in [-0.4, -0.2) is 47.6 Å². The fourth-order valence-corrected chi connectivity index (χ4v) is 0.337. The molecular formula is C6H14NaO2. The average molecular weight is 141 g/mol. The predicted octanol–water partition coefficient (Wildman–Crippen LogP) is 0.307. The molecule has 1 unspecified atom stereocenters. The van der Waals surface area contributed by atoms with Crippen molar-refractivity contribution in [2.75, 3.05) is 6.61 Å². The Morgan fingerprint density at radius 3 is 2.56 bits per heavy atom. The standard InChI is InChI=1S/C6H13O2.Na.H/c1-3-5-8-6(7)4-2;;/h6-7H,2-5H2,1H3;;. The molecule has 0 bridgehead atoms. The zero-order valence-electron chi connectivity index (χ0n) is 5.26. The summed E-state index contributed by atoms with van der Waals surface area (Å²) in [6, 6.07) is 0. The zero-order chi connectivity index (χ0) is 6.41. The Kier molecular flexibility index (Phi) is 12.5. The molecule has 0 rings (SSSR count). The quantitative estimate of drug-likeness (QED) is 0.451. The Labute approximate surface area is 78.9 Å². The summed E-state index contributed by atoms with van der Waals surface area (Å²) in [6.07, 6.45) is 0.715. The monoisotopic (exact) mass is 141 g/mol. The molecule has 9 heavy (non-hydrogen) atoms. The van der Waals surface area contributed by atoms with Gasteiger partial charge >= 0.3 is 29.6 Å². The molecule has 0 spiro atoms. The molecule has 0 fully saturated rings. The molecule has 0 aromatic heterocycles. The molecular weight excluding hydrogens is 127 g/mol. The summed E-state index contributed by atoms with van der Waals surface area (Å²) in [4.78, 5) is 0. The first kappa shape index (κ1) is 12.6. The van der Waals surface area contributed by atoms with Crippen molar-refractivity contribution in [2.24, 2.45) is 0 Å². The topological polar surface area (TPSA) is 29.5 Å². The van der Waals surface area contributed by atoms with E-state index < -0.39 is 6.29 Å². The van der Waals surface area contributed by atoms with Gasteiger partial charge in [0.1, 0.15) is 0 Å². The molecule has 0 aromatic rings. The molecule has 0 aromatic carbocycles. The van der Waals surface area contributed by atoms with Gasteiger partial charge in [-0.15, -0.1) is 0 Å². The third kappa shape index (κ3) is 8.92. The summed E-state index contributed by atoms with van der Waals surface area (Å²) in [6.45, 7) is 6.08. The van der Waals surface area contributed by atoms with Gasteiger partial charge < -0.3 is 9.84 Å². The van der Waals surface area contributed by atoms with Crippen LogP contribution in [0.4, 0.5) is 0 Å². The van der Waals surface area contributed by atoms with Gasteiger partial charge in [0.15, 0.2) is 6.29 Å². The molecule has 1 atom stereocenters. The SMILES string of the molecule is [CH2]CC(O)OCCC.[NaH]. The van der Waals surface area contributed by atoms with Crippen LogP contribution < -0.4 is 0 Å². The Bertz CT molecular complexity index is 50.3. The van der Waals surface area contributed by atoms with E-state index in [1.807, 2.05) is 6.92 Å². The maximum absolute atomic E-state index is 8.70. The number of aliphatic hydroxyl groups is 1. The molecule has 1 radical (unpaired) electrons. The average Bonchev–Trinajstić information content (AvgIpc) is 1.83. The van der Waals surface area contributed by atoms with Crippen molar-refractivity contribution in [1.29, 1.82) is 0 Å². The number of aliphatic hydroxyl groups excluding tert-OH is 1. The molecule has 0 saturated heterocycles. The van der Waals surface area contributed by atoms with Gasteiger partial charge in [-0.2, -0.15) is 0 Å². The van der Waals surface area contributed by atoms with Gasteiger partial charge in [0.2, 0.25) is 0 Å². The van der Waals surface area contributed by atoms with Crippen molar-refractivity contribution < 1.29 is 9.84 Å². The van der Waals surface area contributed by atoms with Crippen LogP contribution in [0.15, 0.2) is 0 Å². The van der Waals surface area contributed by atoms with Crippen molar-refractivity contribution in [3.63, 3.8) is 0 Å². The second-order valence-electron chi connectivity index (χ2n) is 1.61. The van der Waals surface area contributed by atoms with Gasteiger partial charge in [-0.25, -0.2) is 0 Å². The minimum absolute atomic E-state index is 0. The first-order valence-electron chi connectivity index (χ1n) is 2.90. The second kappa shape index (κ2) is 8.92. The molecule has 1 N–H and O–H groups in total. The van der Waals surface area contributed by atoms with Crippen molar-refractivity contribution in [3.05, 3.63) is 6.92 Å². The summed E-state index contributed by atoms with van der Waals surface area (Å²) in [7, 11) is 0. The summed E-state index contributed by atoms with van der Waals surface area (Å²) < 4.78 is 4.83. The van der Waals surface area contributed by atoms with E-state index in [2.05, 4.69) is 6.92 Å². The minimum atomic E-state index is -0.657. The Balaban J connectivity index is 0. The molecule has 3 heteroatoms. The first-order chi connectivity index (χ1) is 3.81. The van der Waals surface area contributed by atoms with E-state index in [4.69, 9.17) is 9.84 Å². The maximum atomic E-state index is 8.70. The van der Waals surface area contributed by atoms with Crippen molar-refractivity contribution >= 4 is 29.6 Å². The van der Waals surface area contributed by atoms with E-state index in [0.29, 0.717) is 13.0 Å². The molecule has 2 nitrogen and oxygen atoms in total. The first-order valence-corrected chi connectivity index (χ1v) is 2.90. The van der Waals surface area contributed by atoms with E-state index in [9.17, 15) is 0 Å². The van der Waals surface area contributed by atoms with Crippen LogP contribution in [0.3, 0.4) is 0 Å². The fraction of sp³-hybridized carbons (Fsp3) is 0.833. The number of ether oxygens (including phenoxy) is 1. The van der Waals surface area contributed by atoms with E-state index in [1.54, 1.807) is 0 Å². The Hall–Kier alpha value is 0.920. The van der Waals surface area contributed by atoms with Gasteiger partial charge in [0, 0.05) is 6.61 Å². The van der Waals surface area contributed by atoms with Gasteiger partial charge in [0.25, 0.3) is 0 Å². The van der Waals surface area contributed by atoms with Crippen LogP contribution in [0.5, 0.6) is 0 Å². The number of hydrogen-bond acceptors (Lipinski definition) is 2.